The van der Waals surface area contributed by atoms with E-state index in [9.17, 15) is 5.11 Å². The molecule has 1 saturated heterocycles. The molecular formula is C15H25N3O. The van der Waals surface area contributed by atoms with E-state index in [2.05, 4.69) is 16.4 Å². The number of aliphatic hydroxyl groups is 1. The minimum Gasteiger partial charge on any atom is -0.396 e. The van der Waals surface area contributed by atoms with Crippen LogP contribution < -0.4 is 0 Å². The van der Waals surface area contributed by atoms with Crippen LogP contribution in [0.2, 0.25) is 0 Å². The lowest BCUT2D eigenvalue weighted by molar-refractivity contribution is 0.213. The van der Waals surface area contributed by atoms with Gasteiger partial charge in [0.1, 0.15) is 5.82 Å². The third-order valence-corrected chi connectivity index (χ3v) is 4.89. The SMILES string of the molecule is CCN1CCC(c2ncc3n2CCCC3CO)CC1. The summed E-state index contributed by atoms with van der Waals surface area (Å²) in [6.45, 7) is 7.16. The second-order valence-corrected chi connectivity index (χ2v) is 5.92. The van der Waals surface area contributed by atoms with E-state index in [-0.39, 0.29) is 6.61 Å². The van der Waals surface area contributed by atoms with Crippen molar-refractivity contribution in [3.8, 4) is 0 Å². The van der Waals surface area contributed by atoms with Gasteiger partial charge in [-0.25, -0.2) is 4.98 Å². The van der Waals surface area contributed by atoms with Gasteiger partial charge in [-0.05, 0) is 45.3 Å². The minimum absolute atomic E-state index is 0.263. The van der Waals surface area contributed by atoms with Crippen molar-refractivity contribution in [2.45, 2.75) is 51.0 Å². The second-order valence-electron chi connectivity index (χ2n) is 5.92. The van der Waals surface area contributed by atoms with E-state index >= 15 is 0 Å². The molecule has 0 radical (unpaired) electrons. The number of imidazole rings is 1. The third kappa shape index (κ3) is 2.43. The minimum atomic E-state index is 0.263. The zero-order valence-electron chi connectivity index (χ0n) is 11.9. The molecule has 106 valence electrons. The summed E-state index contributed by atoms with van der Waals surface area (Å²) in [4.78, 5) is 7.22. The fourth-order valence-electron chi connectivity index (χ4n) is 3.64. The summed E-state index contributed by atoms with van der Waals surface area (Å²) in [5.41, 5.74) is 1.27. The molecule has 0 amide bonds. The van der Waals surface area contributed by atoms with Crippen LogP contribution >= 0.6 is 0 Å². The number of likely N-dealkylation sites (tertiary alicyclic amines) is 1. The average Bonchev–Trinajstić information content (AvgIpc) is 2.91. The van der Waals surface area contributed by atoms with Crippen molar-refractivity contribution < 1.29 is 5.11 Å². The predicted molar refractivity (Wildman–Crippen MR) is 75.4 cm³/mol. The Morgan fingerprint density at radius 3 is 2.74 bits per heavy atom. The van der Waals surface area contributed by atoms with Gasteiger partial charge in [0.15, 0.2) is 0 Å². The smallest absolute Gasteiger partial charge is 0.112 e. The van der Waals surface area contributed by atoms with Crippen molar-refractivity contribution in [1.82, 2.24) is 14.5 Å². The molecule has 0 aliphatic carbocycles. The first-order valence-corrected chi connectivity index (χ1v) is 7.72. The van der Waals surface area contributed by atoms with Crippen LogP contribution in [0.5, 0.6) is 0 Å². The number of nitrogens with zero attached hydrogens (tertiary/aromatic N) is 3. The first-order valence-electron chi connectivity index (χ1n) is 7.72. The fourth-order valence-corrected chi connectivity index (χ4v) is 3.64. The summed E-state index contributed by atoms with van der Waals surface area (Å²) in [6, 6.07) is 0. The van der Waals surface area contributed by atoms with Gasteiger partial charge in [-0.15, -0.1) is 0 Å². The van der Waals surface area contributed by atoms with Gasteiger partial charge in [-0.1, -0.05) is 6.92 Å². The van der Waals surface area contributed by atoms with Gasteiger partial charge in [0.2, 0.25) is 0 Å². The molecule has 0 saturated carbocycles. The Morgan fingerprint density at radius 2 is 2.05 bits per heavy atom. The van der Waals surface area contributed by atoms with Crippen LogP contribution in [0.1, 0.15) is 56.0 Å². The average molecular weight is 263 g/mol. The van der Waals surface area contributed by atoms with Crippen molar-refractivity contribution in [1.29, 1.82) is 0 Å². The van der Waals surface area contributed by atoms with Gasteiger partial charge in [-0.2, -0.15) is 0 Å². The highest BCUT2D eigenvalue weighted by atomic mass is 16.3. The highest BCUT2D eigenvalue weighted by Crippen LogP contribution is 2.33. The lowest BCUT2D eigenvalue weighted by atomic mass is 9.94. The number of hydrogen-bond acceptors (Lipinski definition) is 3. The summed E-state index contributed by atoms with van der Waals surface area (Å²) < 4.78 is 2.40. The maximum Gasteiger partial charge on any atom is 0.112 e. The molecule has 3 heterocycles. The number of aromatic nitrogens is 2. The zero-order chi connectivity index (χ0) is 13.2. The number of rotatable bonds is 3. The van der Waals surface area contributed by atoms with E-state index in [0.29, 0.717) is 11.8 Å². The standard InChI is InChI=1S/C15H25N3O/c1-2-17-8-5-12(6-9-17)15-16-10-14-13(11-19)4-3-7-18(14)15/h10,12-13,19H,2-9,11H2,1H3. The molecule has 19 heavy (non-hydrogen) atoms. The largest absolute Gasteiger partial charge is 0.396 e. The predicted octanol–water partition coefficient (Wildman–Crippen LogP) is 1.95. The Kier molecular flexibility index (Phi) is 3.89. The first kappa shape index (κ1) is 13.1. The summed E-state index contributed by atoms with van der Waals surface area (Å²) >= 11 is 0. The Hall–Kier alpha value is -0.870. The Morgan fingerprint density at radius 1 is 1.26 bits per heavy atom. The molecule has 2 aliphatic rings. The fraction of sp³-hybridized carbons (Fsp3) is 0.800. The van der Waals surface area contributed by atoms with Gasteiger partial charge in [0, 0.05) is 30.3 Å². The molecule has 3 rings (SSSR count). The van der Waals surface area contributed by atoms with Crippen LogP contribution in [0.15, 0.2) is 6.20 Å². The molecule has 4 heteroatoms. The second kappa shape index (κ2) is 5.63. The number of fused-ring (bicyclic) bond motifs is 1. The summed E-state index contributed by atoms with van der Waals surface area (Å²) in [7, 11) is 0. The molecule has 0 bridgehead atoms. The van der Waals surface area contributed by atoms with Crippen molar-refractivity contribution in [3.05, 3.63) is 17.7 Å². The lowest BCUT2D eigenvalue weighted by Gasteiger charge is -2.32. The number of piperidine rings is 1. The maximum absolute atomic E-state index is 9.48. The topological polar surface area (TPSA) is 41.3 Å². The molecule has 2 aliphatic heterocycles. The van der Waals surface area contributed by atoms with E-state index < -0.39 is 0 Å². The Balaban J connectivity index is 1.77. The summed E-state index contributed by atoms with van der Waals surface area (Å²) in [5.74, 6) is 2.21. The highest BCUT2D eigenvalue weighted by Gasteiger charge is 2.28. The Bertz CT molecular complexity index is 421. The van der Waals surface area contributed by atoms with Crippen LogP contribution in [0, 0.1) is 0 Å². The van der Waals surface area contributed by atoms with Crippen LogP contribution in [0.3, 0.4) is 0 Å². The van der Waals surface area contributed by atoms with Crippen molar-refractivity contribution in [3.63, 3.8) is 0 Å². The van der Waals surface area contributed by atoms with Gasteiger partial charge in [0.25, 0.3) is 0 Å². The van der Waals surface area contributed by atoms with E-state index in [0.717, 1.165) is 13.0 Å². The zero-order valence-corrected chi connectivity index (χ0v) is 11.9. The molecule has 1 aromatic rings. The van der Waals surface area contributed by atoms with Gasteiger partial charge < -0.3 is 14.6 Å². The van der Waals surface area contributed by atoms with Crippen molar-refractivity contribution >= 4 is 0 Å². The maximum atomic E-state index is 9.48. The van der Waals surface area contributed by atoms with Gasteiger partial charge in [-0.3, -0.25) is 0 Å². The molecule has 0 spiro atoms. The molecule has 1 fully saturated rings. The number of aliphatic hydroxyl groups excluding tert-OH is 1. The van der Waals surface area contributed by atoms with Crippen LogP contribution in [0.25, 0.3) is 0 Å². The Labute approximate surface area is 115 Å². The molecule has 1 aromatic heterocycles. The van der Waals surface area contributed by atoms with E-state index in [1.165, 1.54) is 50.4 Å². The summed E-state index contributed by atoms with van der Waals surface area (Å²) in [5, 5.41) is 9.48. The molecule has 1 atom stereocenters. The quantitative estimate of drug-likeness (QED) is 0.906. The van der Waals surface area contributed by atoms with E-state index in [1.807, 2.05) is 6.20 Å². The lowest BCUT2D eigenvalue weighted by Crippen LogP contribution is -2.33. The first-order chi connectivity index (χ1) is 9.33. The molecule has 1 N–H and O–H groups in total. The van der Waals surface area contributed by atoms with Crippen molar-refractivity contribution in [2.75, 3.05) is 26.2 Å². The van der Waals surface area contributed by atoms with Gasteiger partial charge in [0.05, 0.1) is 6.61 Å². The molecule has 0 aromatic carbocycles. The number of hydrogen-bond donors (Lipinski definition) is 1. The molecule has 1 unspecified atom stereocenters. The summed E-state index contributed by atoms with van der Waals surface area (Å²) in [6.07, 6.45) is 6.76. The van der Waals surface area contributed by atoms with Gasteiger partial charge >= 0.3 is 0 Å². The molecular weight excluding hydrogens is 238 g/mol. The van der Waals surface area contributed by atoms with Crippen LogP contribution in [0.4, 0.5) is 0 Å². The highest BCUT2D eigenvalue weighted by molar-refractivity contribution is 5.16. The van der Waals surface area contributed by atoms with Crippen LogP contribution in [-0.4, -0.2) is 45.8 Å². The van der Waals surface area contributed by atoms with E-state index in [1.54, 1.807) is 0 Å². The van der Waals surface area contributed by atoms with Crippen molar-refractivity contribution in [2.24, 2.45) is 0 Å². The third-order valence-electron chi connectivity index (χ3n) is 4.89. The monoisotopic (exact) mass is 263 g/mol. The normalized spacial score (nSPS) is 25.5. The van der Waals surface area contributed by atoms with Crippen LogP contribution in [-0.2, 0) is 6.54 Å². The molecule has 4 nitrogen and oxygen atoms in total. The van der Waals surface area contributed by atoms with E-state index in [4.69, 9.17) is 4.98 Å².